The predicted octanol–water partition coefficient (Wildman–Crippen LogP) is 2.76. The standard InChI is InChI=1S/C19H30N4O2/c1-14(2)11-18(24)21-16-5-6-17(20-13-16)22-7-9-23(10-8-22)19(25)12-15(3)4/h5-6,13-15H,7-12H2,1-4H3,(H,21,24). The molecule has 25 heavy (non-hydrogen) atoms. The molecule has 2 rings (SSSR count). The Morgan fingerprint density at radius 2 is 1.68 bits per heavy atom. The highest BCUT2D eigenvalue weighted by atomic mass is 16.2. The molecule has 0 radical (unpaired) electrons. The fraction of sp³-hybridized carbons (Fsp3) is 0.632. The number of nitrogens with one attached hydrogen (secondary N) is 1. The van der Waals surface area contributed by atoms with Crippen molar-refractivity contribution in [1.29, 1.82) is 0 Å². The molecule has 138 valence electrons. The highest BCUT2D eigenvalue weighted by Crippen LogP contribution is 2.17. The quantitative estimate of drug-likeness (QED) is 0.860. The van der Waals surface area contributed by atoms with Gasteiger partial charge in [-0.3, -0.25) is 9.59 Å². The molecule has 1 saturated heterocycles. The van der Waals surface area contributed by atoms with E-state index < -0.39 is 0 Å². The normalized spacial score (nSPS) is 15.0. The van der Waals surface area contributed by atoms with E-state index in [2.05, 4.69) is 29.0 Å². The van der Waals surface area contributed by atoms with Crippen LogP contribution in [0.3, 0.4) is 0 Å². The number of nitrogens with zero attached hydrogens (tertiary/aromatic N) is 3. The molecule has 1 aromatic heterocycles. The van der Waals surface area contributed by atoms with Gasteiger partial charge >= 0.3 is 0 Å². The monoisotopic (exact) mass is 346 g/mol. The molecule has 0 bridgehead atoms. The maximum atomic E-state index is 12.1. The number of hydrogen-bond donors (Lipinski definition) is 1. The third-order valence-electron chi connectivity index (χ3n) is 4.16. The lowest BCUT2D eigenvalue weighted by Crippen LogP contribution is -2.49. The first kappa shape index (κ1) is 19.2. The van der Waals surface area contributed by atoms with Gasteiger partial charge in [0.1, 0.15) is 5.82 Å². The van der Waals surface area contributed by atoms with Crippen LogP contribution in [-0.2, 0) is 9.59 Å². The zero-order valence-electron chi connectivity index (χ0n) is 15.8. The van der Waals surface area contributed by atoms with Gasteiger partial charge in [-0.25, -0.2) is 4.98 Å². The summed E-state index contributed by atoms with van der Waals surface area (Å²) < 4.78 is 0. The molecule has 1 N–H and O–H groups in total. The van der Waals surface area contributed by atoms with Crippen molar-refractivity contribution in [3.05, 3.63) is 18.3 Å². The average molecular weight is 346 g/mol. The Morgan fingerprint density at radius 3 is 2.20 bits per heavy atom. The van der Waals surface area contributed by atoms with Crippen LogP contribution < -0.4 is 10.2 Å². The SMILES string of the molecule is CC(C)CC(=O)Nc1ccc(N2CCN(C(=O)CC(C)C)CC2)nc1. The second-order valence-corrected chi connectivity index (χ2v) is 7.52. The van der Waals surface area contributed by atoms with Crippen molar-refractivity contribution in [3.63, 3.8) is 0 Å². The van der Waals surface area contributed by atoms with E-state index in [1.807, 2.05) is 30.9 Å². The van der Waals surface area contributed by atoms with Crippen molar-refractivity contribution >= 4 is 23.3 Å². The topological polar surface area (TPSA) is 65.5 Å². The maximum Gasteiger partial charge on any atom is 0.224 e. The van der Waals surface area contributed by atoms with Gasteiger partial charge in [0.25, 0.3) is 0 Å². The van der Waals surface area contributed by atoms with Crippen molar-refractivity contribution in [2.24, 2.45) is 11.8 Å². The van der Waals surface area contributed by atoms with Crippen molar-refractivity contribution < 1.29 is 9.59 Å². The Balaban J connectivity index is 1.85. The van der Waals surface area contributed by atoms with E-state index in [0.717, 1.165) is 37.7 Å². The highest BCUT2D eigenvalue weighted by molar-refractivity contribution is 5.90. The lowest BCUT2D eigenvalue weighted by atomic mass is 10.1. The van der Waals surface area contributed by atoms with Crippen molar-refractivity contribution in [2.45, 2.75) is 40.5 Å². The van der Waals surface area contributed by atoms with Crippen LogP contribution >= 0.6 is 0 Å². The molecule has 0 unspecified atom stereocenters. The molecule has 1 aliphatic heterocycles. The number of carbonyl (C=O) groups excluding carboxylic acids is 2. The second kappa shape index (κ2) is 8.83. The molecular weight excluding hydrogens is 316 g/mol. The van der Waals surface area contributed by atoms with Crippen LogP contribution in [0.5, 0.6) is 0 Å². The van der Waals surface area contributed by atoms with Crippen LogP contribution in [0.15, 0.2) is 18.3 Å². The van der Waals surface area contributed by atoms with Crippen molar-refractivity contribution in [2.75, 3.05) is 36.4 Å². The summed E-state index contributed by atoms with van der Waals surface area (Å²) >= 11 is 0. The molecule has 6 nitrogen and oxygen atoms in total. The lowest BCUT2D eigenvalue weighted by molar-refractivity contribution is -0.132. The third-order valence-corrected chi connectivity index (χ3v) is 4.16. The molecule has 2 heterocycles. The molecular formula is C19H30N4O2. The first-order chi connectivity index (χ1) is 11.8. The molecule has 6 heteroatoms. The molecule has 1 fully saturated rings. The van der Waals surface area contributed by atoms with Gasteiger partial charge in [-0.05, 0) is 24.0 Å². The largest absolute Gasteiger partial charge is 0.353 e. The number of piperazine rings is 1. The van der Waals surface area contributed by atoms with Crippen LogP contribution in [0.25, 0.3) is 0 Å². The summed E-state index contributed by atoms with van der Waals surface area (Å²) in [7, 11) is 0. The molecule has 0 saturated carbocycles. The minimum absolute atomic E-state index is 0.0156. The Morgan fingerprint density at radius 1 is 1.04 bits per heavy atom. The summed E-state index contributed by atoms with van der Waals surface area (Å²) in [5, 5.41) is 2.87. The zero-order valence-corrected chi connectivity index (χ0v) is 15.8. The molecule has 1 aromatic rings. The van der Waals surface area contributed by atoms with E-state index in [4.69, 9.17) is 0 Å². The number of carbonyl (C=O) groups is 2. The molecule has 0 atom stereocenters. The molecule has 0 spiro atoms. The van der Waals surface area contributed by atoms with Crippen LogP contribution in [0.2, 0.25) is 0 Å². The fourth-order valence-corrected chi connectivity index (χ4v) is 2.89. The van der Waals surface area contributed by atoms with Crippen LogP contribution in [-0.4, -0.2) is 47.9 Å². The van der Waals surface area contributed by atoms with Gasteiger partial charge in [0, 0.05) is 39.0 Å². The van der Waals surface area contributed by atoms with E-state index in [0.29, 0.717) is 24.7 Å². The van der Waals surface area contributed by atoms with Gasteiger partial charge < -0.3 is 15.1 Å². The summed E-state index contributed by atoms with van der Waals surface area (Å²) in [5.74, 6) is 1.87. The number of rotatable bonds is 6. The average Bonchev–Trinajstić information content (AvgIpc) is 2.54. The summed E-state index contributed by atoms with van der Waals surface area (Å²) in [4.78, 5) is 32.5. The summed E-state index contributed by atoms with van der Waals surface area (Å²) in [6.07, 6.45) is 2.82. The third kappa shape index (κ3) is 6.03. The number of anilines is 2. The van der Waals surface area contributed by atoms with E-state index in [1.165, 1.54) is 0 Å². The van der Waals surface area contributed by atoms with Crippen LogP contribution in [0.1, 0.15) is 40.5 Å². The molecule has 0 aliphatic carbocycles. The first-order valence-corrected chi connectivity index (χ1v) is 9.13. The van der Waals surface area contributed by atoms with Gasteiger partial charge in [0.2, 0.25) is 11.8 Å². The number of hydrogen-bond acceptors (Lipinski definition) is 4. The Bertz CT molecular complexity index is 576. The van der Waals surface area contributed by atoms with Gasteiger partial charge in [-0.15, -0.1) is 0 Å². The number of aromatic nitrogens is 1. The number of amides is 2. The van der Waals surface area contributed by atoms with E-state index in [9.17, 15) is 9.59 Å². The smallest absolute Gasteiger partial charge is 0.224 e. The second-order valence-electron chi connectivity index (χ2n) is 7.52. The van der Waals surface area contributed by atoms with Gasteiger partial charge in [0.05, 0.1) is 11.9 Å². The Labute approximate surface area is 150 Å². The summed E-state index contributed by atoms with van der Waals surface area (Å²) in [6.45, 7) is 11.2. The number of pyridine rings is 1. The molecule has 1 aliphatic rings. The molecule has 2 amide bonds. The predicted molar refractivity (Wildman–Crippen MR) is 101 cm³/mol. The van der Waals surface area contributed by atoms with Crippen molar-refractivity contribution in [3.8, 4) is 0 Å². The van der Waals surface area contributed by atoms with Gasteiger partial charge in [-0.2, -0.15) is 0 Å². The zero-order chi connectivity index (χ0) is 18.4. The maximum absolute atomic E-state index is 12.1. The van der Waals surface area contributed by atoms with Crippen LogP contribution in [0.4, 0.5) is 11.5 Å². The molecule has 0 aromatic carbocycles. The Hall–Kier alpha value is -2.11. The van der Waals surface area contributed by atoms with E-state index in [1.54, 1.807) is 6.20 Å². The van der Waals surface area contributed by atoms with Gasteiger partial charge in [-0.1, -0.05) is 27.7 Å². The van der Waals surface area contributed by atoms with Crippen LogP contribution in [0, 0.1) is 11.8 Å². The van der Waals surface area contributed by atoms with E-state index >= 15 is 0 Å². The lowest BCUT2D eigenvalue weighted by Gasteiger charge is -2.35. The van der Waals surface area contributed by atoms with E-state index in [-0.39, 0.29) is 11.8 Å². The highest BCUT2D eigenvalue weighted by Gasteiger charge is 2.22. The summed E-state index contributed by atoms with van der Waals surface area (Å²) in [6, 6.07) is 3.81. The fourth-order valence-electron chi connectivity index (χ4n) is 2.89. The minimum Gasteiger partial charge on any atom is -0.353 e. The first-order valence-electron chi connectivity index (χ1n) is 9.13. The van der Waals surface area contributed by atoms with Gasteiger partial charge in [0.15, 0.2) is 0 Å². The minimum atomic E-state index is 0.0156. The van der Waals surface area contributed by atoms with Crippen molar-refractivity contribution in [1.82, 2.24) is 9.88 Å². The summed E-state index contributed by atoms with van der Waals surface area (Å²) in [5.41, 5.74) is 0.722. The Kier molecular flexibility index (Phi) is 6.79.